The fourth-order valence-corrected chi connectivity index (χ4v) is 5.59. The molecule has 1 atom stereocenters. The van der Waals surface area contributed by atoms with Gasteiger partial charge in [0.25, 0.3) is 0 Å². The van der Waals surface area contributed by atoms with E-state index in [0.717, 1.165) is 12.0 Å². The number of benzene rings is 1. The van der Waals surface area contributed by atoms with Crippen molar-refractivity contribution in [3.8, 4) is 0 Å². The van der Waals surface area contributed by atoms with Gasteiger partial charge in [-0.2, -0.15) is 0 Å². The van der Waals surface area contributed by atoms with Gasteiger partial charge in [0.15, 0.2) is 0 Å². The fraction of sp³-hybridized carbons (Fsp3) is 0.632. The lowest BCUT2D eigenvalue weighted by Gasteiger charge is -2.25. The van der Waals surface area contributed by atoms with Crippen molar-refractivity contribution in [3.05, 3.63) is 35.4 Å². The van der Waals surface area contributed by atoms with E-state index in [0.29, 0.717) is 19.4 Å². The summed E-state index contributed by atoms with van der Waals surface area (Å²) in [6.45, 7) is 6.91. The number of sulfone groups is 1. The topological polar surface area (TPSA) is 63.2 Å². The van der Waals surface area contributed by atoms with Crippen LogP contribution in [0.2, 0.25) is 0 Å². The maximum atomic E-state index is 13.0. The Kier molecular flexibility index (Phi) is 4.27. The van der Waals surface area contributed by atoms with Gasteiger partial charge in [0.05, 0.1) is 16.9 Å². The van der Waals surface area contributed by atoms with E-state index in [-0.39, 0.29) is 28.7 Å². The molecule has 4 nitrogen and oxygen atoms in total. The zero-order valence-electron chi connectivity index (χ0n) is 14.8. The molecule has 132 valence electrons. The number of hydrogen-bond donors (Lipinski definition) is 1. The smallest absolute Gasteiger partial charge is 0.231 e. The van der Waals surface area contributed by atoms with Crippen molar-refractivity contribution >= 4 is 15.7 Å². The SMILES string of the molecule is Cc1ccc(C2(C(=O)NCC3CCS(=O)(=O)CC3)CC2(C)C)cc1. The van der Waals surface area contributed by atoms with E-state index >= 15 is 0 Å². The lowest BCUT2D eigenvalue weighted by molar-refractivity contribution is -0.124. The van der Waals surface area contributed by atoms with Crippen molar-refractivity contribution in [1.29, 1.82) is 0 Å². The van der Waals surface area contributed by atoms with Crippen LogP contribution in [-0.2, 0) is 20.0 Å². The standard InChI is InChI=1S/C19H27NO3S/c1-14-4-6-16(7-5-14)19(13-18(19,2)3)17(21)20-12-15-8-10-24(22,23)11-9-15/h4-7,15H,8-13H2,1-3H3,(H,20,21). The quantitative estimate of drug-likeness (QED) is 0.909. The Balaban J connectivity index is 1.67. The van der Waals surface area contributed by atoms with Crippen molar-refractivity contribution in [2.45, 2.75) is 45.4 Å². The molecule has 1 aliphatic heterocycles. The van der Waals surface area contributed by atoms with Crippen LogP contribution in [0.4, 0.5) is 0 Å². The molecule has 5 heteroatoms. The lowest BCUT2D eigenvalue weighted by atomic mass is 9.86. The van der Waals surface area contributed by atoms with Crippen molar-refractivity contribution in [3.63, 3.8) is 0 Å². The summed E-state index contributed by atoms with van der Waals surface area (Å²) >= 11 is 0. The minimum absolute atomic E-state index is 0.0394. The summed E-state index contributed by atoms with van der Waals surface area (Å²) in [5.41, 5.74) is 1.79. The van der Waals surface area contributed by atoms with E-state index in [1.807, 2.05) is 6.92 Å². The Bertz CT molecular complexity index is 722. The molecule has 1 saturated heterocycles. The summed E-state index contributed by atoms with van der Waals surface area (Å²) in [4.78, 5) is 13.0. The minimum atomic E-state index is -2.85. The molecule has 1 unspecified atom stereocenters. The van der Waals surface area contributed by atoms with E-state index in [1.165, 1.54) is 5.56 Å². The van der Waals surface area contributed by atoms with Gasteiger partial charge in [0, 0.05) is 6.54 Å². The zero-order chi connectivity index (χ0) is 17.6. The highest BCUT2D eigenvalue weighted by Gasteiger charge is 2.66. The molecule has 2 aliphatic rings. The number of rotatable bonds is 4. The van der Waals surface area contributed by atoms with E-state index in [1.54, 1.807) is 0 Å². The summed E-state index contributed by atoms with van der Waals surface area (Å²) in [7, 11) is -2.85. The molecular weight excluding hydrogens is 322 g/mol. The Morgan fingerprint density at radius 3 is 2.21 bits per heavy atom. The van der Waals surface area contributed by atoms with Gasteiger partial charge in [-0.15, -0.1) is 0 Å². The first kappa shape index (κ1) is 17.5. The second kappa shape index (κ2) is 5.87. The largest absolute Gasteiger partial charge is 0.355 e. The Morgan fingerprint density at radius 1 is 1.17 bits per heavy atom. The maximum absolute atomic E-state index is 13.0. The molecule has 1 N–H and O–H groups in total. The molecule has 24 heavy (non-hydrogen) atoms. The molecule has 2 fully saturated rings. The maximum Gasteiger partial charge on any atom is 0.231 e. The number of carbonyl (C=O) groups excluding carboxylic acids is 1. The fourth-order valence-electron chi connectivity index (χ4n) is 4.00. The average molecular weight is 349 g/mol. The number of amides is 1. The van der Waals surface area contributed by atoms with Gasteiger partial charge in [0.2, 0.25) is 5.91 Å². The first-order valence-corrected chi connectivity index (χ1v) is 10.5. The third-order valence-electron chi connectivity index (χ3n) is 5.89. The van der Waals surface area contributed by atoms with Crippen LogP contribution in [-0.4, -0.2) is 32.4 Å². The van der Waals surface area contributed by atoms with Crippen LogP contribution in [0.1, 0.15) is 44.2 Å². The monoisotopic (exact) mass is 349 g/mol. The summed E-state index contributed by atoms with van der Waals surface area (Å²) in [5.74, 6) is 0.865. The highest BCUT2D eigenvalue weighted by Crippen LogP contribution is 2.64. The molecule has 1 aromatic carbocycles. The summed E-state index contributed by atoms with van der Waals surface area (Å²) in [6, 6.07) is 8.25. The summed E-state index contributed by atoms with van der Waals surface area (Å²) < 4.78 is 23.0. The third kappa shape index (κ3) is 3.10. The summed E-state index contributed by atoms with van der Waals surface area (Å²) in [6.07, 6.45) is 2.17. The van der Waals surface area contributed by atoms with Crippen LogP contribution in [0, 0.1) is 18.3 Å². The van der Waals surface area contributed by atoms with Gasteiger partial charge in [0.1, 0.15) is 9.84 Å². The van der Waals surface area contributed by atoms with Crippen molar-refractivity contribution in [2.24, 2.45) is 11.3 Å². The molecule has 1 aromatic rings. The molecular formula is C19H27NO3S. The van der Waals surface area contributed by atoms with E-state index in [2.05, 4.69) is 43.4 Å². The van der Waals surface area contributed by atoms with Gasteiger partial charge in [-0.05, 0) is 43.1 Å². The van der Waals surface area contributed by atoms with Gasteiger partial charge < -0.3 is 5.32 Å². The first-order valence-electron chi connectivity index (χ1n) is 8.72. The second-order valence-electron chi connectivity index (χ2n) is 8.14. The Labute approximate surface area is 145 Å². The normalized spacial score (nSPS) is 28.3. The molecule has 0 radical (unpaired) electrons. The molecule has 1 aliphatic carbocycles. The third-order valence-corrected chi connectivity index (χ3v) is 7.61. The van der Waals surface area contributed by atoms with Crippen LogP contribution in [0.25, 0.3) is 0 Å². The molecule has 1 amide bonds. The predicted molar refractivity (Wildman–Crippen MR) is 95.6 cm³/mol. The number of hydrogen-bond acceptors (Lipinski definition) is 3. The first-order chi connectivity index (χ1) is 11.2. The van der Waals surface area contributed by atoms with E-state index in [4.69, 9.17) is 0 Å². The van der Waals surface area contributed by atoms with Gasteiger partial charge >= 0.3 is 0 Å². The zero-order valence-corrected chi connectivity index (χ0v) is 15.6. The molecule has 3 rings (SSSR count). The van der Waals surface area contributed by atoms with Gasteiger partial charge in [-0.1, -0.05) is 43.7 Å². The van der Waals surface area contributed by atoms with Crippen LogP contribution in [0.15, 0.2) is 24.3 Å². The van der Waals surface area contributed by atoms with Crippen LogP contribution >= 0.6 is 0 Å². The number of aryl methyl sites for hydroxylation is 1. The molecule has 0 bridgehead atoms. The summed E-state index contributed by atoms with van der Waals surface area (Å²) in [5, 5.41) is 3.12. The molecule has 1 saturated carbocycles. The van der Waals surface area contributed by atoms with E-state index < -0.39 is 15.3 Å². The molecule has 0 aromatic heterocycles. The lowest BCUT2D eigenvalue weighted by Crippen LogP contribution is -2.41. The highest BCUT2D eigenvalue weighted by atomic mass is 32.2. The highest BCUT2D eigenvalue weighted by molar-refractivity contribution is 7.91. The second-order valence-corrected chi connectivity index (χ2v) is 10.4. The van der Waals surface area contributed by atoms with Gasteiger partial charge in [-0.3, -0.25) is 4.79 Å². The Morgan fingerprint density at radius 2 is 1.71 bits per heavy atom. The molecule has 0 spiro atoms. The van der Waals surface area contributed by atoms with Crippen LogP contribution < -0.4 is 5.32 Å². The van der Waals surface area contributed by atoms with Crippen molar-refractivity contribution in [2.75, 3.05) is 18.1 Å². The van der Waals surface area contributed by atoms with Gasteiger partial charge in [-0.25, -0.2) is 8.42 Å². The van der Waals surface area contributed by atoms with Crippen molar-refractivity contribution in [1.82, 2.24) is 5.32 Å². The number of nitrogens with one attached hydrogen (secondary N) is 1. The van der Waals surface area contributed by atoms with Crippen molar-refractivity contribution < 1.29 is 13.2 Å². The van der Waals surface area contributed by atoms with E-state index in [9.17, 15) is 13.2 Å². The van der Waals surface area contributed by atoms with Crippen LogP contribution in [0.3, 0.4) is 0 Å². The molecule has 1 heterocycles. The minimum Gasteiger partial charge on any atom is -0.355 e. The predicted octanol–water partition coefficient (Wildman–Crippen LogP) is 2.60. The number of carbonyl (C=O) groups is 1. The van der Waals surface area contributed by atoms with Crippen LogP contribution in [0.5, 0.6) is 0 Å². The average Bonchev–Trinajstić information content (AvgIpc) is 3.10. The Hall–Kier alpha value is -1.36.